The monoisotopic (exact) mass is 192 g/mol. The second-order valence-electron chi connectivity index (χ2n) is 2.86. The first-order valence-electron chi connectivity index (χ1n) is 3.98. The Balaban J connectivity index is 2.46. The van der Waals surface area contributed by atoms with Gasteiger partial charge >= 0.3 is 5.97 Å². The Morgan fingerprint density at radius 1 is 1.57 bits per heavy atom. The van der Waals surface area contributed by atoms with E-state index in [1.807, 2.05) is 0 Å². The van der Waals surface area contributed by atoms with Crippen LogP contribution in [0, 0.1) is 0 Å². The molecule has 0 spiro atoms. The lowest BCUT2D eigenvalue weighted by Gasteiger charge is -1.91. The second kappa shape index (κ2) is 2.99. The molecule has 2 rings (SSSR count). The van der Waals surface area contributed by atoms with Crippen molar-refractivity contribution in [3.05, 3.63) is 24.0 Å². The molecule has 2 aromatic rings. The van der Waals surface area contributed by atoms with Crippen molar-refractivity contribution in [1.29, 1.82) is 0 Å². The molecule has 0 atom stereocenters. The number of rotatable bonds is 2. The molecule has 0 saturated carbocycles. The predicted octanol–water partition coefficient (Wildman–Crippen LogP) is -0.0614. The quantitative estimate of drug-likeness (QED) is 0.695. The summed E-state index contributed by atoms with van der Waals surface area (Å²) in [4.78, 5) is 14.5. The number of hydrogen-bond donors (Lipinski definition) is 2. The van der Waals surface area contributed by atoms with Crippen LogP contribution in [-0.4, -0.2) is 25.7 Å². The van der Waals surface area contributed by atoms with Gasteiger partial charge < -0.3 is 10.8 Å². The van der Waals surface area contributed by atoms with Crippen LogP contribution in [0.1, 0.15) is 5.69 Å². The third-order valence-electron chi connectivity index (χ3n) is 1.72. The summed E-state index contributed by atoms with van der Waals surface area (Å²) in [7, 11) is 0. The summed E-state index contributed by atoms with van der Waals surface area (Å²) in [5.74, 6) is -0.543. The average molecular weight is 192 g/mol. The number of carboxylic acid groups (broad SMARTS) is 1. The number of hydrogen-bond acceptors (Lipinski definition) is 4. The Kier molecular flexibility index (Phi) is 1.81. The van der Waals surface area contributed by atoms with Crippen molar-refractivity contribution in [3.8, 4) is 0 Å². The molecule has 0 amide bonds. The van der Waals surface area contributed by atoms with E-state index in [0.717, 1.165) is 0 Å². The molecule has 0 aliphatic carbocycles. The minimum absolute atomic E-state index is 0.108. The van der Waals surface area contributed by atoms with Gasteiger partial charge in [0.25, 0.3) is 0 Å². The van der Waals surface area contributed by atoms with Crippen LogP contribution in [0.2, 0.25) is 0 Å². The van der Waals surface area contributed by atoms with Gasteiger partial charge in [-0.25, -0.2) is 9.50 Å². The van der Waals surface area contributed by atoms with Crippen LogP contribution in [0.3, 0.4) is 0 Å². The normalized spacial score (nSPS) is 10.6. The van der Waals surface area contributed by atoms with Crippen molar-refractivity contribution in [2.75, 3.05) is 5.73 Å². The molecule has 14 heavy (non-hydrogen) atoms. The maximum absolute atomic E-state index is 10.4. The largest absolute Gasteiger partial charge is 0.481 e. The average Bonchev–Trinajstić information content (AvgIpc) is 2.44. The topological polar surface area (TPSA) is 93.5 Å². The Hall–Kier alpha value is -2.11. The molecule has 0 aromatic carbocycles. The van der Waals surface area contributed by atoms with E-state index < -0.39 is 5.97 Å². The van der Waals surface area contributed by atoms with Gasteiger partial charge in [0.2, 0.25) is 0 Å². The maximum atomic E-state index is 10.4. The Bertz CT molecular complexity index is 491. The highest BCUT2D eigenvalue weighted by Gasteiger charge is 2.06. The number of nitrogen functional groups attached to an aromatic ring is 1. The van der Waals surface area contributed by atoms with E-state index in [9.17, 15) is 4.79 Å². The zero-order chi connectivity index (χ0) is 10.1. The molecule has 0 fully saturated rings. The van der Waals surface area contributed by atoms with Gasteiger partial charge in [0, 0.05) is 0 Å². The molecule has 0 aliphatic heterocycles. The zero-order valence-electron chi connectivity index (χ0n) is 7.21. The minimum Gasteiger partial charge on any atom is -0.481 e. The molecule has 6 nitrogen and oxygen atoms in total. The molecule has 2 aromatic heterocycles. The number of fused-ring (bicyclic) bond motifs is 1. The summed E-state index contributed by atoms with van der Waals surface area (Å²) in [5.41, 5.74) is 6.52. The number of carboxylic acids is 1. The van der Waals surface area contributed by atoms with E-state index in [2.05, 4.69) is 10.1 Å². The fourth-order valence-corrected chi connectivity index (χ4v) is 1.19. The van der Waals surface area contributed by atoms with Gasteiger partial charge in [-0.05, 0) is 12.1 Å². The van der Waals surface area contributed by atoms with Gasteiger partial charge in [-0.1, -0.05) is 0 Å². The fourth-order valence-electron chi connectivity index (χ4n) is 1.19. The van der Waals surface area contributed by atoms with Gasteiger partial charge in [-0.2, -0.15) is 0 Å². The van der Waals surface area contributed by atoms with Crippen molar-refractivity contribution in [2.45, 2.75) is 6.42 Å². The molecule has 72 valence electrons. The fraction of sp³-hybridized carbons (Fsp3) is 0.125. The maximum Gasteiger partial charge on any atom is 0.309 e. The standard InChI is InChI=1S/C8H8N4O2/c9-6-1-2-7-10-5(3-8(13)14)4-12(7)11-6/h1-2,4H,3H2,(H2,9,11)(H,13,14). The predicted molar refractivity (Wildman–Crippen MR) is 48.7 cm³/mol. The molecule has 3 N–H and O–H groups in total. The summed E-state index contributed by atoms with van der Waals surface area (Å²) in [6, 6.07) is 3.31. The highest BCUT2D eigenvalue weighted by molar-refractivity contribution is 5.69. The van der Waals surface area contributed by atoms with Crippen molar-refractivity contribution < 1.29 is 9.90 Å². The first-order valence-corrected chi connectivity index (χ1v) is 3.98. The van der Waals surface area contributed by atoms with Crippen molar-refractivity contribution >= 4 is 17.4 Å². The van der Waals surface area contributed by atoms with Crippen LogP contribution in [0.4, 0.5) is 5.82 Å². The number of aromatic nitrogens is 3. The molecule has 0 radical (unpaired) electrons. The van der Waals surface area contributed by atoms with Crippen molar-refractivity contribution in [2.24, 2.45) is 0 Å². The van der Waals surface area contributed by atoms with Gasteiger partial charge in [0.15, 0.2) is 5.65 Å². The first kappa shape index (κ1) is 8.49. The van der Waals surface area contributed by atoms with Crippen LogP contribution in [0.15, 0.2) is 18.3 Å². The number of imidazole rings is 1. The van der Waals surface area contributed by atoms with E-state index in [0.29, 0.717) is 17.2 Å². The second-order valence-corrected chi connectivity index (χ2v) is 2.86. The number of nitrogens with zero attached hydrogens (tertiary/aromatic N) is 3. The first-order chi connectivity index (χ1) is 6.65. The molecule has 0 unspecified atom stereocenters. The lowest BCUT2D eigenvalue weighted by atomic mass is 10.3. The Morgan fingerprint density at radius 3 is 3.07 bits per heavy atom. The van der Waals surface area contributed by atoms with Gasteiger partial charge in [0.05, 0.1) is 18.3 Å². The SMILES string of the molecule is Nc1ccc2nc(CC(=O)O)cn2n1. The van der Waals surface area contributed by atoms with Gasteiger partial charge in [-0.3, -0.25) is 4.79 Å². The lowest BCUT2D eigenvalue weighted by molar-refractivity contribution is -0.136. The molecule has 0 saturated heterocycles. The van der Waals surface area contributed by atoms with Crippen LogP contribution >= 0.6 is 0 Å². The van der Waals surface area contributed by atoms with E-state index in [4.69, 9.17) is 10.8 Å². The summed E-state index contributed by atoms with van der Waals surface area (Å²) in [6.07, 6.45) is 1.45. The molecule has 0 bridgehead atoms. The van der Waals surface area contributed by atoms with Crippen LogP contribution in [-0.2, 0) is 11.2 Å². The smallest absolute Gasteiger partial charge is 0.309 e. The van der Waals surface area contributed by atoms with E-state index in [1.165, 1.54) is 4.52 Å². The Labute approximate surface area is 79.0 Å². The lowest BCUT2D eigenvalue weighted by Crippen LogP contribution is -1.99. The van der Waals surface area contributed by atoms with Crippen molar-refractivity contribution in [1.82, 2.24) is 14.6 Å². The summed E-state index contributed by atoms with van der Waals surface area (Å²) in [5, 5.41) is 12.5. The van der Waals surface area contributed by atoms with E-state index in [1.54, 1.807) is 18.3 Å². The zero-order valence-corrected chi connectivity index (χ0v) is 7.21. The summed E-state index contributed by atoms with van der Waals surface area (Å²) in [6.45, 7) is 0. The highest BCUT2D eigenvalue weighted by atomic mass is 16.4. The molecular formula is C8H8N4O2. The van der Waals surface area contributed by atoms with Crippen LogP contribution in [0.5, 0.6) is 0 Å². The number of anilines is 1. The van der Waals surface area contributed by atoms with Crippen molar-refractivity contribution in [3.63, 3.8) is 0 Å². The molecule has 6 heteroatoms. The molecule has 0 aliphatic rings. The van der Waals surface area contributed by atoms with Crippen LogP contribution < -0.4 is 5.73 Å². The number of aliphatic carboxylic acids is 1. The van der Waals surface area contributed by atoms with E-state index >= 15 is 0 Å². The summed E-state index contributed by atoms with van der Waals surface area (Å²) >= 11 is 0. The van der Waals surface area contributed by atoms with E-state index in [-0.39, 0.29) is 6.42 Å². The molecular weight excluding hydrogens is 184 g/mol. The number of carbonyl (C=O) groups is 1. The Morgan fingerprint density at radius 2 is 2.36 bits per heavy atom. The van der Waals surface area contributed by atoms with Crippen LogP contribution in [0.25, 0.3) is 5.65 Å². The van der Waals surface area contributed by atoms with Gasteiger partial charge in [-0.15, -0.1) is 5.10 Å². The highest BCUT2D eigenvalue weighted by Crippen LogP contribution is 2.05. The number of nitrogens with two attached hydrogens (primary N) is 1. The summed E-state index contributed by atoms with van der Waals surface area (Å²) < 4.78 is 1.47. The molecule has 2 heterocycles. The van der Waals surface area contributed by atoms with Gasteiger partial charge in [0.1, 0.15) is 5.82 Å². The minimum atomic E-state index is -0.915. The third-order valence-corrected chi connectivity index (χ3v) is 1.72. The third kappa shape index (κ3) is 1.49.